The van der Waals surface area contributed by atoms with Crippen molar-refractivity contribution in [2.24, 2.45) is 5.84 Å². The minimum absolute atomic E-state index is 0.215. The van der Waals surface area contributed by atoms with Crippen molar-refractivity contribution in [1.82, 2.24) is 10.4 Å². The van der Waals surface area contributed by atoms with Crippen LogP contribution in [0, 0.1) is 5.82 Å². The molecule has 0 aliphatic carbocycles. The van der Waals surface area contributed by atoms with Gasteiger partial charge < -0.3 is 4.74 Å². The number of aromatic nitrogens is 1. The first-order valence-electron chi connectivity index (χ1n) is 6.35. The summed E-state index contributed by atoms with van der Waals surface area (Å²) in [6.07, 6.45) is 3.37. The highest BCUT2D eigenvalue weighted by Gasteiger charge is 2.16. The minimum Gasteiger partial charge on any atom is -0.495 e. The molecular formula is C15H14FN3OS. The fourth-order valence-electron chi connectivity index (χ4n) is 2.22. The van der Waals surface area contributed by atoms with E-state index in [4.69, 9.17) is 10.6 Å². The molecule has 6 heteroatoms. The van der Waals surface area contributed by atoms with E-state index in [1.165, 1.54) is 12.1 Å². The normalized spacial score (nSPS) is 12.5. The quantitative estimate of drug-likeness (QED) is 0.574. The number of rotatable bonds is 4. The van der Waals surface area contributed by atoms with E-state index >= 15 is 0 Å². The van der Waals surface area contributed by atoms with Gasteiger partial charge in [-0.2, -0.15) is 0 Å². The summed E-state index contributed by atoms with van der Waals surface area (Å²) in [7, 11) is 1.59. The summed E-state index contributed by atoms with van der Waals surface area (Å²) < 4.78 is 19.5. The highest BCUT2D eigenvalue weighted by molar-refractivity contribution is 7.19. The van der Waals surface area contributed by atoms with Gasteiger partial charge in [0.2, 0.25) is 0 Å². The Morgan fingerprint density at radius 1 is 1.29 bits per heavy atom. The minimum atomic E-state index is -0.243. The van der Waals surface area contributed by atoms with E-state index in [0.29, 0.717) is 5.75 Å². The van der Waals surface area contributed by atoms with Crippen LogP contribution in [-0.2, 0) is 0 Å². The van der Waals surface area contributed by atoms with E-state index in [9.17, 15) is 4.39 Å². The Morgan fingerprint density at radius 2 is 2.14 bits per heavy atom. The molecule has 0 aliphatic heterocycles. The van der Waals surface area contributed by atoms with Crippen molar-refractivity contribution >= 4 is 21.4 Å². The number of nitrogens with zero attached hydrogens (tertiary/aromatic N) is 1. The molecule has 3 aromatic rings. The number of benzene rings is 1. The highest BCUT2D eigenvalue weighted by Crippen LogP contribution is 2.33. The van der Waals surface area contributed by atoms with Gasteiger partial charge in [-0.3, -0.25) is 10.8 Å². The summed E-state index contributed by atoms with van der Waals surface area (Å²) in [5, 5.41) is 0.867. The molecule has 1 unspecified atom stereocenters. The van der Waals surface area contributed by atoms with Gasteiger partial charge in [-0.1, -0.05) is 0 Å². The molecule has 2 heterocycles. The van der Waals surface area contributed by atoms with Gasteiger partial charge in [0.1, 0.15) is 11.6 Å². The molecule has 0 saturated heterocycles. The van der Waals surface area contributed by atoms with E-state index in [0.717, 1.165) is 20.5 Å². The van der Waals surface area contributed by atoms with E-state index in [1.807, 2.05) is 12.1 Å². The number of pyridine rings is 1. The van der Waals surface area contributed by atoms with E-state index in [-0.39, 0.29) is 11.9 Å². The number of hydrazine groups is 1. The van der Waals surface area contributed by atoms with Crippen molar-refractivity contribution < 1.29 is 9.13 Å². The lowest BCUT2D eigenvalue weighted by Gasteiger charge is -2.14. The van der Waals surface area contributed by atoms with Crippen LogP contribution in [0.4, 0.5) is 4.39 Å². The first-order valence-corrected chi connectivity index (χ1v) is 7.17. The van der Waals surface area contributed by atoms with Crippen LogP contribution >= 0.6 is 11.3 Å². The van der Waals surface area contributed by atoms with Crippen molar-refractivity contribution in [1.29, 1.82) is 0 Å². The summed E-state index contributed by atoms with van der Waals surface area (Å²) in [4.78, 5) is 5.14. The fourth-order valence-corrected chi connectivity index (χ4v) is 3.36. The molecule has 3 rings (SSSR count). The van der Waals surface area contributed by atoms with Crippen molar-refractivity contribution in [3.63, 3.8) is 0 Å². The molecule has 1 aromatic carbocycles. The van der Waals surface area contributed by atoms with Crippen molar-refractivity contribution in [2.45, 2.75) is 6.04 Å². The number of halogens is 1. The number of hydrogen-bond acceptors (Lipinski definition) is 5. The van der Waals surface area contributed by atoms with E-state index in [2.05, 4.69) is 10.4 Å². The van der Waals surface area contributed by atoms with Crippen LogP contribution in [0.1, 0.15) is 16.5 Å². The summed E-state index contributed by atoms with van der Waals surface area (Å²) in [6.45, 7) is 0. The average molecular weight is 303 g/mol. The van der Waals surface area contributed by atoms with Crippen molar-refractivity contribution in [2.75, 3.05) is 7.11 Å². The summed E-state index contributed by atoms with van der Waals surface area (Å²) in [6, 6.07) is 8.35. The second-order valence-electron chi connectivity index (χ2n) is 4.59. The Hall–Kier alpha value is -2.02. The van der Waals surface area contributed by atoms with Crippen LogP contribution in [0.3, 0.4) is 0 Å². The fraction of sp³-hybridized carbons (Fsp3) is 0.133. The molecule has 1 atom stereocenters. The van der Waals surface area contributed by atoms with Crippen LogP contribution in [-0.4, -0.2) is 12.1 Å². The zero-order valence-electron chi connectivity index (χ0n) is 11.3. The molecule has 0 radical (unpaired) electrons. The molecular weight excluding hydrogens is 289 g/mol. The number of nitrogens with two attached hydrogens (primary N) is 1. The van der Waals surface area contributed by atoms with Gasteiger partial charge in [-0.05, 0) is 41.3 Å². The van der Waals surface area contributed by atoms with E-state index in [1.54, 1.807) is 36.9 Å². The Morgan fingerprint density at radius 3 is 2.90 bits per heavy atom. The third kappa shape index (κ3) is 2.73. The van der Waals surface area contributed by atoms with Crippen LogP contribution in [0.2, 0.25) is 0 Å². The Kier molecular flexibility index (Phi) is 3.83. The van der Waals surface area contributed by atoms with Gasteiger partial charge in [0, 0.05) is 15.8 Å². The zero-order chi connectivity index (χ0) is 14.8. The smallest absolute Gasteiger partial charge is 0.137 e. The van der Waals surface area contributed by atoms with Gasteiger partial charge in [0.25, 0.3) is 0 Å². The first-order chi connectivity index (χ1) is 10.2. The van der Waals surface area contributed by atoms with Gasteiger partial charge in [-0.15, -0.1) is 11.3 Å². The predicted molar refractivity (Wildman–Crippen MR) is 81.7 cm³/mol. The summed E-state index contributed by atoms with van der Waals surface area (Å²) in [5.74, 6) is 6.12. The Bertz CT molecular complexity index is 774. The van der Waals surface area contributed by atoms with Crippen molar-refractivity contribution in [3.05, 3.63) is 59.0 Å². The van der Waals surface area contributed by atoms with Crippen LogP contribution < -0.4 is 16.0 Å². The maximum atomic E-state index is 13.3. The van der Waals surface area contributed by atoms with Gasteiger partial charge in [0.15, 0.2) is 0 Å². The van der Waals surface area contributed by atoms with Gasteiger partial charge in [0.05, 0.1) is 19.3 Å². The highest BCUT2D eigenvalue weighted by atomic mass is 32.1. The number of nitrogens with one attached hydrogen (secondary N) is 1. The molecule has 0 amide bonds. The summed E-state index contributed by atoms with van der Waals surface area (Å²) in [5.41, 5.74) is 3.68. The standard InChI is InChI=1S/C15H14FN3OS/c1-20-12-5-10(7-18-8-12)15(19-17)14-6-9-4-11(16)2-3-13(9)21-14/h2-8,15,19H,17H2,1H3. The Labute approximate surface area is 125 Å². The van der Waals surface area contributed by atoms with Crippen LogP contribution in [0.5, 0.6) is 5.75 Å². The Balaban J connectivity index is 2.04. The topological polar surface area (TPSA) is 60.2 Å². The zero-order valence-corrected chi connectivity index (χ0v) is 12.2. The monoisotopic (exact) mass is 303 g/mol. The molecule has 108 valence electrons. The molecule has 0 fully saturated rings. The van der Waals surface area contributed by atoms with Crippen LogP contribution in [0.25, 0.3) is 10.1 Å². The molecule has 0 aliphatic rings. The maximum Gasteiger partial charge on any atom is 0.137 e. The second kappa shape index (κ2) is 5.77. The van der Waals surface area contributed by atoms with Gasteiger partial charge in [-0.25, -0.2) is 9.82 Å². The molecule has 0 saturated carbocycles. The number of thiophene rings is 1. The van der Waals surface area contributed by atoms with Gasteiger partial charge >= 0.3 is 0 Å². The lowest BCUT2D eigenvalue weighted by atomic mass is 10.1. The third-order valence-electron chi connectivity index (χ3n) is 3.25. The van der Waals surface area contributed by atoms with E-state index < -0.39 is 0 Å². The molecule has 2 aromatic heterocycles. The predicted octanol–water partition coefficient (Wildman–Crippen LogP) is 3.00. The summed E-state index contributed by atoms with van der Waals surface area (Å²) >= 11 is 1.57. The third-order valence-corrected chi connectivity index (χ3v) is 4.43. The molecule has 4 nitrogen and oxygen atoms in total. The van der Waals surface area contributed by atoms with Crippen molar-refractivity contribution in [3.8, 4) is 5.75 Å². The number of ether oxygens (including phenoxy) is 1. The molecule has 21 heavy (non-hydrogen) atoms. The number of methoxy groups -OCH3 is 1. The number of fused-ring (bicyclic) bond motifs is 1. The SMILES string of the molecule is COc1cncc(C(NN)c2cc3cc(F)ccc3s2)c1. The maximum absolute atomic E-state index is 13.3. The molecule has 0 spiro atoms. The molecule has 0 bridgehead atoms. The average Bonchev–Trinajstić information content (AvgIpc) is 2.91. The lowest BCUT2D eigenvalue weighted by Crippen LogP contribution is -2.28. The number of hydrogen-bond donors (Lipinski definition) is 2. The largest absolute Gasteiger partial charge is 0.495 e. The first kappa shape index (κ1) is 13.9. The lowest BCUT2D eigenvalue weighted by molar-refractivity contribution is 0.411. The molecule has 3 N–H and O–H groups in total. The van der Waals surface area contributed by atoms with Crippen LogP contribution in [0.15, 0.2) is 42.7 Å². The second-order valence-corrected chi connectivity index (χ2v) is 5.70.